The Hall–Kier alpha value is -2.99. The van der Waals surface area contributed by atoms with Crippen molar-refractivity contribution >= 4 is 22.8 Å². The highest BCUT2D eigenvalue weighted by Crippen LogP contribution is 2.35. The summed E-state index contributed by atoms with van der Waals surface area (Å²) in [6, 6.07) is 10.4. The summed E-state index contributed by atoms with van der Waals surface area (Å²) in [6.07, 6.45) is 4.46. The molecular weight excluding hydrogens is 426 g/mol. The summed E-state index contributed by atoms with van der Waals surface area (Å²) in [5.41, 5.74) is 6.21. The lowest BCUT2D eigenvalue weighted by Crippen LogP contribution is -2.53. The molecule has 10 nitrogen and oxygen atoms in total. The molecular formula is C20H24N3O7S+2. The minimum atomic E-state index is -4.41. The van der Waals surface area contributed by atoms with Crippen molar-refractivity contribution in [2.75, 3.05) is 0 Å². The normalized spacial score (nSPS) is 16.2. The summed E-state index contributed by atoms with van der Waals surface area (Å²) in [4.78, 5) is 23.8. The van der Waals surface area contributed by atoms with Crippen molar-refractivity contribution in [3.63, 3.8) is 0 Å². The zero-order valence-corrected chi connectivity index (χ0v) is 17.5. The highest BCUT2D eigenvalue weighted by atomic mass is 32.3. The van der Waals surface area contributed by atoms with Crippen LogP contribution in [0.5, 0.6) is 11.5 Å². The number of quaternary nitrogens is 1. The first-order valence-electron chi connectivity index (χ1n) is 9.68. The van der Waals surface area contributed by atoms with Crippen LogP contribution in [0.2, 0.25) is 0 Å². The number of ether oxygens (including phenoxy) is 1. The van der Waals surface area contributed by atoms with E-state index in [4.69, 9.17) is 14.7 Å². The first-order chi connectivity index (χ1) is 14.8. The number of nitrogens with one attached hydrogen (secondary N) is 1. The first kappa shape index (κ1) is 22.7. The summed E-state index contributed by atoms with van der Waals surface area (Å²) >= 11 is 0. The summed E-state index contributed by atoms with van der Waals surface area (Å²) in [5.74, 6) is 2.25. The van der Waals surface area contributed by atoms with Crippen molar-refractivity contribution < 1.29 is 37.5 Å². The van der Waals surface area contributed by atoms with E-state index in [1.54, 1.807) is 12.1 Å². The van der Waals surface area contributed by atoms with E-state index in [0.717, 1.165) is 32.1 Å². The van der Waals surface area contributed by atoms with Crippen molar-refractivity contribution in [3.05, 3.63) is 48.0 Å². The minimum Gasteiger partial charge on any atom is -0.410 e. The lowest BCUT2D eigenvalue weighted by Gasteiger charge is -2.22. The molecule has 1 radical (unpaired) electrons. The average Bonchev–Trinajstić information content (AvgIpc) is 2.75. The molecule has 2 amide bonds. The molecule has 2 aromatic rings. The number of benzene rings is 2. The van der Waals surface area contributed by atoms with Gasteiger partial charge in [-0.15, -0.1) is 0 Å². The number of primary amides is 1. The topological polar surface area (TPSA) is 164 Å². The van der Waals surface area contributed by atoms with Gasteiger partial charge in [0.1, 0.15) is 10.3 Å². The van der Waals surface area contributed by atoms with Crippen LogP contribution in [0.25, 0.3) is 11.1 Å². The molecule has 0 saturated heterocycles. The molecule has 0 spiro atoms. The van der Waals surface area contributed by atoms with Gasteiger partial charge in [0.15, 0.2) is 0 Å². The number of carbonyl (C=O) groups excluding carboxylic acids is 2. The second kappa shape index (κ2) is 9.88. The quantitative estimate of drug-likeness (QED) is 0.432. The van der Waals surface area contributed by atoms with Crippen LogP contribution in [0.3, 0.4) is 0 Å². The lowest BCUT2D eigenvalue weighted by molar-refractivity contribution is -0.639. The third-order valence-electron chi connectivity index (χ3n) is 4.88. The van der Waals surface area contributed by atoms with E-state index in [0.29, 0.717) is 5.56 Å². The molecule has 0 aliphatic heterocycles. The van der Waals surface area contributed by atoms with E-state index in [1.165, 1.54) is 30.3 Å². The Morgan fingerprint density at radius 1 is 1.10 bits per heavy atom. The van der Waals surface area contributed by atoms with Crippen LogP contribution in [-0.4, -0.2) is 18.0 Å². The summed E-state index contributed by atoms with van der Waals surface area (Å²) in [5, 5.41) is 2.83. The third-order valence-corrected chi connectivity index (χ3v) is 5.56. The number of amides is 2. The second-order valence-electron chi connectivity index (χ2n) is 7.08. The summed E-state index contributed by atoms with van der Waals surface area (Å²) < 4.78 is 37.9. The molecule has 6 N–H and O–H groups in total. The Morgan fingerprint density at radius 3 is 2.52 bits per heavy atom. The van der Waals surface area contributed by atoms with Gasteiger partial charge in [-0.1, -0.05) is 31.4 Å². The van der Waals surface area contributed by atoms with Crippen LogP contribution >= 0.6 is 0 Å². The maximum Gasteiger partial charge on any atom is 0.640 e. The van der Waals surface area contributed by atoms with Crippen molar-refractivity contribution in [3.8, 4) is 22.6 Å². The molecule has 1 unspecified atom stereocenters. The predicted octanol–water partition coefficient (Wildman–Crippen LogP) is 2.10. The van der Waals surface area contributed by atoms with E-state index >= 15 is 0 Å². The fraction of sp³-hybridized carbons (Fsp3) is 0.300. The van der Waals surface area contributed by atoms with Crippen LogP contribution in [0.1, 0.15) is 42.5 Å². The van der Waals surface area contributed by atoms with Gasteiger partial charge in [-0.3, -0.25) is 4.79 Å². The molecule has 0 aromatic heterocycles. The monoisotopic (exact) mass is 450 g/mol. The SMILES string of the molecule is NC(=O)c1cccc(-c2cc(OC(=O)NC3CCCCC3)ccc2O[S+]([O])(=O)O[NH3+])c1. The number of hydrogen-bond acceptors (Lipinski definition) is 6. The third kappa shape index (κ3) is 6.25. The standard InChI is InChI=1S/C20H23N3O7S/c21-19(24)14-6-4-5-13(11-14)17-12-16(9-10-18(17)29-31(26,27)30-22)28-20(25)23-15-7-2-1-3-8-15/h4-6,9-12,15H,1-3,7-8H2,22H3,(H2-,21,23,24,25)/q+1/p+1. The number of hydrogen-bond donors (Lipinski definition) is 3. The van der Waals surface area contributed by atoms with Crippen LogP contribution < -0.4 is 25.9 Å². The van der Waals surface area contributed by atoms with Crippen molar-refractivity contribution in [2.45, 2.75) is 38.1 Å². The Balaban J connectivity index is 1.89. The molecule has 3 rings (SSSR count). The maximum atomic E-state index is 12.3. The number of carbonyl (C=O) groups is 2. The summed E-state index contributed by atoms with van der Waals surface area (Å²) in [6.45, 7) is 0. The Bertz CT molecular complexity index is 1010. The summed E-state index contributed by atoms with van der Waals surface area (Å²) in [7, 11) is -4.41. The Kier molecular flexibility index (Phi) is 7.23. The van der Waals surface area contributed by atoms with E-state index in [-0.39, 0.29) is 28.7 Å². The molecule has 11 heteroatoms. The zero-order chi connectivity index (χ0) is 22.4. The van der Waals surface area contributed by atoms with Gasteiger partial charge < -0.3 is 15.8 Å². The van der Waals surface area contributed by atoms with E-state index in [1.807, 2.05) is 0 Å². The zero-order valence-electron chi connectivity index (χ0n) is 16.7. The van der Waals surface area contributed by atoms with E-state index in [9.17, 15) is 18.4 Å². The van der Waals surface area contributed by atoms with Crippen LogP contribution in [0, 0.1) is 0 Å². The van der Waals surface area contributed by atoms with E-state index in [2.05, 4.69) is 15.5 Å². The molecule has 1 saturated carbocycles. The largest absolute Gasteiger partial charge is 0.640 e. The molecule has 0 bridgehead atoms. The van der Waals surface area contributed by atoms with Crippen molar-refractivity contribution in [1.82, 2.24) is 5.32 Å². The molecule has 1 atom stereocenters. The second-order valence-corrected chi connectivity index (χ2v) is 8.30. The van der Waals surface area contributed by atoms with Gasteiger partial charge >= 0.3 is 16.9 Å². The van der Waals surface area contributed by atoms with Gasteiger partial charge in [-0.05, 0) is 48.7 Å². The van der Waals surface area contributed by atoms with Gasteiger partial charge in [0.25, 0.3) is 0 Å². The first-order valence-corrected chi connectivity index (χ1v) is 11.0. The molecule has 31 heavy (non-hydrogen) atoms. The fourth-order valence-corrected chi connectivity index (χ4v) is 3.81. The minimum absolute atomic E-state index is 0.0647. The Labute approximate surface area is 180 Å². The van der Waals surface area contributed by atoms with Gasteiger partial charge in [0.2, 0.25) is 11.7 Å². The Morgan fingerprint density at radius 2 is 1.84 bits per heavy atom. The number of nitrogens with two attached hydrogens (primary N) is 1. The van der Waals surface area contributed by atoms with Crippen molar-refractivity contribution in [1.29, 1.82) is 0 Å². The van der Waals surface area contributed by atoms with Gasteiger partial charge in [0, 0.05) is 21.4 Å². The van der Waals surface area contributed by atoms with Crippen LogP contribution in [-0.2, 0) is 23.8 Å². The molecule has 165 valence electrons. The van der Waals surface area contributed by atoms with Crippen LogP contribution in [0.15, 0.2) is 42.5 Å². The molecule has 1 fully saturated rings. The smallest absolute Gasteiger partial charge is 0.410 e. The molecule has 2 aromatic carbocycles. The maximum absolute atomic E-state index is 12.3. The molecule has 1 aliphatic carbocycles. The molecule has 1 aliphatic rings. The number of rotatable bonds is 7. The van der Waals surface area contributed by atoms with E-state index < -0.39 is 22.8 Å². The van der Waals surface area contributed by atoms with Gasteiger partial charge in [-0.25, -0.2) is 8.98 Å². The van der Waals surface area contributed by atoms with Crippen molar-refractivity contribution in [2.24, 2.45) is 5.73 Å². The fourth-order valence-electron chi connectivity index (χ4n) is 3.39. The molecule has 0 heterocycles. The predicted molar refractivity (Wildman–Crippen MR) is 110 cm³/mol. The lowest BCUT2D eigenvalue weighted by atomic mass is 9.96. The van der Waals surface area contributed by atoms with Gasteiger partial charge in [-0.2, -0.15) is 5.90 Å². The van der Waals surface area contributed by atoms with Crippen LogP contribution in [0.4, 0.5) is 4.79 Å². The highest BCUT2D eigenvalue weighted by Gasteiger charge is 2.38. The van der Waals surface area contributed by atoms with Gasteiger partial charge in [0.05, 0.1) is 4.28 Å². The average molecular weight is 450 g/mol. The highest BCUT2D eigenvalue weighted by molar-refractivity contribution is 7.88.